The SMILES string of the molecule is CC(C)(C)OC(=O)N1CCNC(=O)[C@@]1(C)C=O. The summed E-state index contributed by atoms with van der Waals surface area (Å²) in [5.41, 5.74) is -2.14. The van der Waals surface area contributed by atoms with Crippen molar-refractivity contribution >= 4 is 18.3 Å². The first-order chi connectivity index (χ1) is 7.70. The summed E-state index contributed by atoms with van der Waals surface area (Å²) in [6.07, 6.45) is -0.187. The molecule has 17 heavy (non-hydrogen) atoms. The van der Waals surface area contributed by atoms with E-state index >= 15 is 0 Å². The molecule has 1 aliphatic heterocycles. The van der Waals surface area contributed by atoms with Crippen LogP contribution in [0.2, 0.25) is 0 Å². The zero-order valence-electron chi connectivity index (χ0n) is 10.6. The Bertz CT molecular complexity index is 348. The average molecular weight is 242 g/mol. The van der Waals surface area contributed by atoms with Gasteiger partial charge in [-0.2, -0.15) is 0 Å². The summed E-state index contributed by atoms with van der Waals surface area (Å²) in [7, 11) is 0. The van der Waals surface area contributed by atoms with Gasteiger partial charge in [-0.3, -0.25) is 9.69 Å². The Morgan fingerprint density at radius 1 is 1.53 bits per heavy atom. The fourth-order valence-electron chi connectivity index (χ4n) is 1.53. The molecular weight excluding hydrogens is 224 g/mol. The lowest BCUT2D eigenvalue weighted by Crippen LogP contribution is -2.66. The minimum Gasteiger partial charge on any atom is -0.444 e. The number of ether oxygens (including phenoxy) is 1. The number of nitrogens with one attached hydrogen (secondary N) is 1. The molecule has 6 nitrogen and oxygen atoms in total. The fourth-order valence-corrected chi connectivity index (χ4v) is 1.53. The summed E-state index contributed by atoms with van der Waals surface area (Å²) >= 11 is 0. The number of carbonyl (C=O) groups excluding carboxylic acids is 3. The van der Waals surface area contributed by atoms with Gasteiger partial charge in [-0.15, -0.1) is 0 Å². The minimum atomic E-state index is -1.49. The van der Waals surface area contributed by atoms with Crippen LogP contribution in [0.1, 0.15) is 27.7 Å². The Kier molecular flexibility index (Phi) is 3.45. The molecule has 1 saturated heterocycles. The monoisotopic (exact) mass is 242 g/mol. The highest BCUT2D eigenvalue weighted by Crippen LogP contribution is 2.20. The average Bonchev–Trinajstić information content (AvgIpc) is 2.19. The zero-order valence-corrected chi connectivity index (χ0v) is 10.6. The van der Waals surface area contributed by atoms with E-state index in [0.29, 0.717) is 12.8 Å². The molecule has 1 N–H and O–H groups in total. The maximum atomic E-state index is 11.9. The quantitative estimate of drug-likeness (QED) is 0.530. The molecule has 0 aromatic carbocycles. The summed E-state index contributed by atoms with van der Waals surface area (Å²) in [4.78, 5) is 35.8. The van der Waals surface area contributed by atoms with E-state index in [9.17, 15) is 14.4 Å². The number of aldehydes is 1. The third kappa shape index (κ3) is 2.75. The maximum absolute atomic E-state index is 11.9. The Balaban J connectivity index is 2.91. The molecule has 0 radical (unpaired) electrons. The number of hydrogen-bond acceptors (Lipinski definition) is 4. The molecule has 1 fully saturated rings. The van der Waals surface area contributed by atoms with Crippen LogP contribution >= 0.6 is 0 Å². The normalized spacial score (nSPS) is 25.2. The maximum Gasteiger partial charge on any atom is 0.411 e. The standard InChI is InChI=1S/C11H18N2O4/c1-10(2,3)17-9(16)13-6-5-12-8(15)11(13,4)7-14/h7H,5-6H2,1-4H3,(H,12,15)/t11-/m1/s1. The van der Waals surface area contributed by atoms with Gasteiger partial charge in [0.2, 0.25) is 0 Å². The van der Waals surface area contributed by atoms with Crippen molar-refractivity contribution in [1.29, 1.82) is 0 Å². The second kappa shape index (κ2) is 4.35. The Morgan fingerprint density at radius 2 is 2.12 bits per heavy atom. The van der Waals surface area contributed by atoms with Gasteiger partial charge in [-0.05, 0) is 27.7 Å². The molecule has 2 amide bonds. The molecule has 6 heteroatoms. The molecule has 1 aliphatic rings. The van der Waals surface area contributed by atoms with Gasteiger partial charge < -0.3 is 14.8 Å². The smallest absolute Gasteiger partial charge is 0.411 e. The van der Waals surface area contributed by atoms with Crippen LogP contribution in [0.25, 0.3) is 0 Å². The highest BCUT2D eigenvalue weighted by Gasteiger charge is 2.46. The van der Waals surface area contributed by atoms with Gasteiger partial charge >= 0.3 is 6.09 Å². The van der Waals surface area contributed by atoms with Crippen molar-refractivity contribution in [3.05, 3.63) is 0 Å². The summed E-state index contributed by atoms with van der Waals surface area (Å²) in [6, 6.07) is 0. The fraction of sp³-hybridized carbons (Fsp3) is 0.727. The van der Waals surface area contributed by atoms with E-state index in [1.54, 1.807) is 20.8 Å². The molecule has 0 aliphatic carbocycles. The summed E-state index contributed by atoms with van der Waals surface area (Å²) in [6.45, 7) is 7.17. The molecule has 0 unspecified atom stereocenters. The number of amides is 2. The van der Waals surface area contributed by atoms with Gasteiger partial charge in [0.15, 0.2) is 11.8 Å². The number of carbonyl (C=O) groups is 3. The van der Waals surface area contributed by atoms with Crippen LogP contribution in [0.4, 0.5) is 4.79 Å². The van der Waals surface area contributed by atoms with Gasteiger partial charge in [-0.1, -0.05) is 0 Å². The van der Waals surface area contributed by atoms with Crippen molar-refractivity contribution in [3.8, 4) is 0 Å². The van der Waals surface area contributed by atoms with Crippen molar-refractivity contribution in [2.45, 2.75) is 38.8 Å². The lowest BCUT2D eigenvalue weighted by molar-refractivity contribution is -0.140. The molecule has 1 atom stereocenters. The molecule has 96 valence electrons. The first kappa shape index (κ1) is 13.5. The van der Waals surface area contributed by atoms with Gasteiger partial charge in [-0.25, -0.2) is 4.79 Å². The van der Waals surface area contributed by atoms with Crippen LogP contribution < -0.4 is 5.32 Å². The Hall–Kier alpha value is -1.59. The molecule has 0 bridgehead atoms. The van der Waals surface area contributed by atoms with Crippen molar-refractivity contribution in [2.75, 3.05) is 13.1 Å². The van der Waals surface area contributed by atoms with Crippen molar-refractivity contribution in [2.24, 2.45) is 0 Å². The largest absolute Gasteiger partial charge is 0.444 e. The molecule has 0 aromatic rings. The van der Waals surface area contributed by atoms with Crippen LogP contribution in [0.5, 0.6) is 0 Å². The second-order valence-corrected chi connectivity index (χ2v) is 5.15. The summed E-state index contributed by atoms with van der Waals surface area (Å²) < 4.78 is 5.17. The highest BCUT2D eigenvalue weighted by atomic mass is 16.6. The predicted octanol–water partition coefficient (Wildman–Crippen LogP) is 0.311. The number of rotatable bonds is 1. The van der Waals surface area contributed by atoms with E-state index in [-0.39, 0.29) is 6.54 Å². The number of piperazine rings is 1. The topological polar surface area (TPSA) is 75.7 Å². The van der Waals surface area contributed by atoms with Gasteiger partial charge in [0.1, 0.15) is 5.60 Å². The number of nitrogens with zero attached hydrogens (tertiary/aromatic N) is 1. The molecular formula is C11H18N2O4. The first-order valence-electron chi connectivity index (χ1n) is 5.46. The lowest BCUT2D eigenvalue weighted by Gasteiger charge is -2.40. The van der Waals surface area contributed by atoms with Crippen LogP contribution in [0, 0.1) is 0 Å². The first-order valence-corrected chi connectivity index (χ1v) is 5.46. The predicted molar refractivity (Wildman–Crippen MR) is 60.4 cm³/mol. The van der Waals surface area contributed by atoms with E-state index < -0.39 is 23.1 Å². The van der Waals surface area contributed by atoms with E-state index in [1.807, 2.05) is 0 Å². The van der Waals surface area contributed by atoms with E-state index in [1.165, 1.54) is 6.92 Å². The summed E-state index contributed by atoms with van der Waals surface area (Å²) in [5, 5.41) is 2.55. The Labute approximate surface area is 100 Å². The number of hydrogen-bond donors (Lipinski definition) is 1. The third-order valence-electron chi connectivity index (χ3n) is 2.48. The Morgan fingerprint density at radius 3 is 2.59 bits per heavy atom. The zero-order chi connectivity index (χ0) is 13.3. The van der Waals surface area contributed by atoms with E-state index in [2.05, 4.69) is 5.32 Å². The van der Waals surface area contributed by atoms with Crippen LogP contribution in [-0.4, -0.2) is 47.4 Å². The second-order valence-electron chi connectivity index (χ2n) is 5.15. The van der Waals surface area contributed by atoms with E-state index in [0.717, 1.165) is 4.90 Å². The molecule has 0 spiro atoms. The van der Waals surface area contributed by atoms with Gasteiger partial charge in [0.05, 0.1) is 0 Å². The van der Waals surface area contributed by atoms with Crippen molar-refractivity contribution in [1.82, 2.24) is 10.2 Å². The van der Waals surface area contributed by atoms with Crippen molar-refractivity contribution in [3.63, 3.8) is 0 Å². The molecule has 1 rings (SSSR count). The highest BCUT2D eigenvalue weighted by molar-refractivity contribution is 6.04. The molecule has 0 saturated carbocycles. The van der Waals surface area contributed by atoms with Gasteiger partial charge in [0, 0.05) is 13.1 Å². The third-order valence-corrected chi connectivity index (χ3v) is 2.48. The molecule has 0 aromatic heterocycles. The summed E-state index contributed by atoms with van der Waals surface area (Å²) in [5.74, 6) is -0.482. The van der Waals surface area contributed by atoms with Crippen LogP contribution in [0.15, 0.2) is 0 Å². The van der Waals surface area contributed by atoms with E-state index in [4.69, 9.17) is 4.74 Å². The van der Waals surface area contributed by atoms with Crippen LogP contribution in [-0.2, 0) is 14.3 Å². The van der Waals surface area contributed by atoms with Crippen LogP contribution in [0.3, 0.4) is 0 Å². The van der Waals surface area contributed by atoms with Gasteiger partial charge in [0.25, 0.3) is 5.91 Å². The van der Waals surface area contributed by atoms with Crippen molar-refractivity contribution < 1.29 is 19.1 Å². The lowest BCUT2D eigenvalue weighted by atomic mass is 9.99. The minimum absolute atomic E-state index is 0.260. The molecule has 1 heterocycles.